The van der Waals surface area contributed by atoms with Crippen LogP contribution in [0.15, 0.2) is 70.5 Å². The molecule has 3 aromatic rings. The Hall–Kier alpha value is -2.56. The molecule has 0 atom stereocenters. The van der Waals surface area contributed by atoms with Crippen LogP contribution in [-0.2, 0) is 0 Å². The van der Waals surface area contributed by atoms with Crippen molar-refractivity contribution >= 4 is 49.6 Å². The van der Waals surface area contributed by atoms with Gasteiger partial charge in [0.1, 0.15) is 11.5 Å². The fraction of sp³-hybridized carbons (Fsp3) is 0.353. The molecule has 3 rings (SSSR count). The molecule has 3 aromatic carbocycles. The lowest BCUT2D eigenvalue weighted by Crippen LogP contribution is -2.03. The molecule has 4 heteroatoms. The van der Waals surface area contributed by atoms with Gasteiger partial charge in [-0.1, -0.05) is 101 Å². The van der Waals surface area contributed by atoms with Gasteiger partial charge in [-0.3, -0.25) is 0 Å². The first-order chi connectivity index (χ1) is 18.6. The van der Waals surface area contributed by atoms with Crippen LogP contribution >= 0.6 is 25.3 Å². The number of ether oxygens (including phenoxy) is 2. The second-order valence-electron chi connectivity index (χ2n) is 9.60. The van der Waals surface area contributed by atoms with Crippen molar-refractivity contribution < 1.29 is 9.47 Å². The summed E-state index contributed by atoms with van der Waals surface area (Å²) in [7, 11) is 0. The molecule has 0 aliphatic carbocycles. The standard InChI is InChI=1S/C34H42O2S2/c1-3-5-7-9-23-35-33-25-30(18-12-28-15-21-32(38)22-16-28)34(36-24-10-8-6-4-2)26-29(33)17-11-27-13-19-31(37)20-14-27/h11-22,25-26,37-38H,3-10,23-24H2,1-2H3/b17-11+,18-12+. The second-order valence-corrected chi connectivity index (χ2v) is 10.6. The highest BCUT2D eigenvalue weighted by Gasteiger charge is 2.10. The number of benzene rings is 3. The SMILES string of the molecule is CCCCCCOc1cc(/C=C/c2ccc(S)cc2)c(OCCCCCC)cc1/C=C/c1ccc(S)cc1. The molecule has 0 saturated carbocycles. The fourth-order valence-corrected chi connectivity index (χ4v) is 4.36. The second kappa shape index (κ2) is 17.1. The van der Waals surface area contributed by atoms with E-state index in [9.17, 15) is 0 Å². The zero-order valence-electron chi connectivity index (χ0n) is 22.9. The average Bonchev–Trinajstić information content (AvgIpc) is 2.93. The van der Waals surface area contributed by atoms with Crippen LogP contribution in [0.3, 0.4) is 0 Å². The maximum atomic E-state index is 6.35. The lowest BCUT2D eigenvalue weighted by atomic mass is 10.0. The van der Waals surface area contributed by atoms with Gasteiger partial charge >= 0.3 is 0 Å². The monoisotopic (exact) mass is 546 g/mol. The molecule has 0 aliphatic rings. The van der Waals surface area contributed by atoms with E-state index in [1.165, 1.54) is 38.5 Å². The quantitative estimate of drug-likeness (QED) is 0.106. The summed E-state index contributed by atoms with van der Waals surface area (Å²) in [6.07, 6.45) is 17.9. The predicted octanol–water partition coefficient (Wildman–Crippen LogP) is 10.5. The highest BCUT2D eigenvalue weighted by Crippen LogP contribution is 2.33. The highest BCUT2D eigenvalue weighted by molar-refractivity contribution is 7.80. The Morgan fingerprint density at radius 3 is 1.29 bits per heavy atom. The first kappa shape index (κ1) is 30.0. The summed E-state index contributed by atoms with van der Waals surface area (Å²) in [5.41, 5.74) is 4.29. The summed E-state index contributed by atoms with van der Waals surface area (Å²) in [5.74, 6) is 1.76. The van der Waals surface area contributed by atoms with Crippen molar-refractivity contribution in [1.82, 2.24) is 0 Å². The van der Waals surface area contributed by atoms with Crippen molar-refractivity contribution in [3.05, 3.63) is 82.9 Å². The molecule has 2 nitrogen and oxygen atoms in total. The fourth-order valence-electron chi connectivity index (χ4n) is 4.07. The number of rotatable bonds is 16. The summed E-state index contributed by atoms with van der Waals surface area (Å²) in [4.78, 5) is 1.91. The van der Waals surface area contributed by atoms with Crippen molar-refractivity contribution in [1.29, 1.82) is 0 Å². The molecule has 0 amide bonds. The Bertz CT molecular complexity index is 1060. The molecule has 0 unspecified atom stereocenters. The van der Waals surface area contributed by atoms with Crippen LogP contribution in [0.2, 0.25) is 0 Å². The summed E-state index contributed by atoms with van der Waals surface area (Å²) in [6, 6.07) is 20.6. The maximum Gasteiger partial charge on any atom is 0.127 e. The van der Waals surface area contributed by atoms with E-state index in [-0.39, 0.29) is 0 Å². The number of unbranched alkanes of at least 4 members (excludes halogenated alkanes) is 6. The van der Waals surface area contributed by atoms with E-state index in [0.29, 0.717) is 13.2 Å². The summed E-state index contributed by atoms with van der Waals surface area (Å²) < 4.78 is 12.7. The zero-order chi connectivity index (χ0) is 27.0. The van der Waals surface area contributed by atoms with Gasteiger partial charge in [0.2, 0.25) is 0 Å². The molecule has 0 heterocycles. The van der Waals surface area contributed by atoms with Crippen molar-refractivity contribution in [2.45, 2.75) is 75.0 Å². The molecule has 0 radical (unpaired) electrons. The molecule has 0 N–H and O–H groups in total. The van der Waals surface area contributed by atoms with Gasteiger partial charge in [0.05, 0.1) is 13.2 Å². The normalized spacial score (nSPS) is 11.5. The van der Waals surface area contributed by atoms with Crippen LogP contribution in [0.4, 0.5) is 0 Å². The van der Waals surface area contributed by atoms with Crippen molar-refractivity contribution in [2.24, 2.45) is 0 Å². The van der Waals surface area contributed by atoms with Gasteiger partial charge in [0.25, 0.3) is 0 Å². The van der Waals surface area contributed by atoms with Gasteiger partial charge in [-0.2, -0.15) is 0 Å². The van der Waals surface area contributed by atoms with Crippen LogP contribution in [0.5, 0.6) is 11.5 Å². The Morgan fingerprint density at radius 1 is 0.526 bits per heavy atom. The lowest BCUT2D eigenvalue weighted by Gasteiger charge is -2.15. The molecule has 0 saturated heterocycles. The minimum Gasteiger partial charge on any atom is -0.493 e. The number of hydrogen-bond donors (Lipinski definition) is 2. The van der Waals surface area contributed by atoms with E-state index in [1.807, 2.05) is 24.3 Å². The van der Waals surface area contributed by atoms with Crippen LogP contribution in [0, 0.1) is 0 Å². The molecule has 38 heavy (non-hydrogen) atoms. The summed E-state index contributed by atoms with van der Waals surface area (Å²) in [5, 5.41) is 0. The molecule has 0 aromatic heterocycles. The molecule has 0 spiro atoms. The third kappa shape index (κ3) is 10.7. The van der Waals surface area contributed by atoms with E-state index in [2.05, 4.69) is 99.8 Å². The van der Waals surface area contributed by atoms with Gasteiger partial charge in [-0.25, -0.2) is 0 Å². The van der Waals surface area contributed by atoms with Crippen molar-refractivity contribution in [2.75, 3.05) is 13.2 Å². The molecular formula is C34H42O2S2. The molecular weight excluding hydrogens is 505 g/mol. The number of hydrogen-bond acceptors (Lipinski definition) is 4. The molecule has 202 valence electrons. The van der Waals surface area contributed by atoms with Crippen LogP contribution in [0.25, 0.3) is 24.3 Å². The van der Waals surface area contributed by atoms with Crippen molar-refractivity contribution in [3.63, 3.8) is 0 Å². The Balaban J connectivity index is 1.91. The molecule has 0 bridgehead atoms. The minimum absolute atomic E-state index is 0.707. The van der Waals surface area contributed by atoms with Gasteiger partial charge in [0, 0.05) is 20.9 Å². The number of thiol groups is 2. The topological polar surface area (TPSA) is 18.5 Å². The zero-order valence-corrected chi connectivity index (χ0v) is 24.7. The van der Waals surface area contributed by atoms with Gasteiger partial charge in [0.15, 0.2) is 0 Å². The maximum absolute atomic E-state index is 6.35. The van der Waals surface area contributed by atoms with Crippen LogP contribution < -0.4 is 9.47 Å². The minimum atomic E-state index is 0.707. The largest absolute Gasteiger partial charge is 0.493 e. The summed E-state index contributed by atoms with van der Waals surface area (Å²) in [6.45, 7) is 5.87. The Labute approximate surface area is 241 Å². The third-order valence-electron chi connectivity index (χ3n) is 6.35. The van der Waals surface area contributed by atoms with Gasteiger partial charge < -0.3 is 9.47 Å². The smallest absolute Gasteiger partial charge is 0.127 e. The van der Waals surface area contributed by atoms with Crippen molar-refractivity contribution in [3.8, 4) is 11.5 Å². The molecule has 0 fully saturated rings. The third-order valence-corrected chi connectivity index (χ3v) is 6.95. The van der Waals surface area contributed by atoms with E-state index in [4.69, 9.17) is 9.47 Å². The Morgan fingerprint density at radius 2 is 0.921 bits per heavy atom. The highest BCUT2D eigenvalue weighted by atomic mass is 32.1. The average molecular weight is 547 g/mol. The predicted molar refractivity (Wildman–Crippen MR) is 171 cm³/mol. The van der Waals surface area contributed by atoms with E-state index < -0.39 is 0 Å². The first-order valence-electron chi connectivity index (χ1n) is 14.0. The van der Waals surface area contributed by atoms with E-state index in [1.54, 1.807) is 0 Å². The van der Waals surface area contributed by atoms with E-state index >= 15 is 0 Å². The Kier molecular flexibility index (Phi) is 13.5. The van der Waals surface area contributed by atoms with E-state index in [0.717, 1.165) is 56.4 Å². The molecule has 0 aliphatic heterocycles. The first-order valence-corrected chi connectivity index (χ1v) is 14.9. The van der Waals surface area contributed by atoms with Gasteiger partial charge in [-0.15, -0.1) is 25.3 Å². The lowest BCUT2D eigenvalue weighted by molar-refractivity contribution is 0.296. The van der Waals surface area contributed by atoms with Gasteiger partial charge in [-0.05, 0) is 60.4 Å². The summed E-state index contributed by atoms with van der Waals surface area (Å²) >= 11 is 8.81. The van der Waals surface area contributed by atoms with Crippen LogP contribution in [0.1, 0.15) is 87.5 Å². The van der Waals surface area contributed by atoms with Crippen LogP contribution in [-0.4, -0.2) is 13.2 Å².